The minimum Gasteiger partial charge on any atom is -0.493 e. The Balaban J connectivity index is 1.83. The number of benzene rings is 2. The van der Waals surface area contributed by atoms with Crippen LogP contribution in [0.5, 0.6) is 5.75 Å². The van der Waals surface area contributed by atoms with Crippen molar-refractivity contribution in [1.29, 1.82) is 0 Å². The van der Waals surface area contributed by atoms with E-state index in [1.807, 2.05) is 43.3 Å². The lowest BCUT2D eigenvalue weighted by Crippen LogP contribution is -2.33. The average Bonchev–Trinajstić information content (AvgIpc) is 2.81. The molecule has 0 bridgehead atoms. The number of rotatable bonds is 4. The van der Waals surface area contributed by atoms with Crippen LogP contribution in [0, 0.1) is 0 Å². The summed E-state index contributed by atoms with van der Waals surface area (Å²) in [4.78, 5) is 14.6. The number of hydrogen-bond donors (Lipinski definition) is 0. The van der Waals surface area contributed by atoms with Gasteiger partial charge in [-0.25, -0.2) is 8.42 Å². The fourth-order valence-corrected chi connectivity index (χ4v) is 5.08. The van der Waals surface area contributed by atoms with Crippen molar-refractivity contribution in [2.24, 2.45) is 0 Å². The van der Waals surface area contributed by atoms with Crippen molar-refractivity contribution in [2.45, 2.75) is 18.6 Å². The summed E-state index contributed by atoms with van der Waals surface area (Å²) in [5.74, 6) is 0.319. The molecular weight excluding hydrogens is 350 g/mol. The van der Waals surface area contributed by atoms with Gasteiger partial charge in [0.1, 0.15) is 5.75 Å². The molecule has 26 heavy (non-hydrogen) atoms. The van der Waals surface area contributed by atoms with Crippen LogP contribution < -0.4 is 4.74 Å². The van der Waals surface area contributed by atoms with Gasteiger partial charge in [0.25, 0.3) is 5.91 Å². The minimum atomic E-state index is -3.31. The Labute approximate surface area is 154 Å². The van der Waals surface area contributed by atoms with Crippen LogP contribution in [0.15, 0.2) is 54.6 Å². The molecule has 1 unspecified atom stereocenters. The van der Waals surface area contributed by atoms with Gasteiger partial charge in [0.15, 0.2) is 9.84 Å². The summed E-state index contributed by atoms with van der Waals surface area (Å²) in [6.45, 7) is 2.93. The van der Waals surface area contributed by atoms with Crippen molar-refractivity contribution < 1.29 is 17.9 Å². The molecule has 1 saturated heterocycles. The summed E-state index contributed by atoms with van der Waals surface area (Å²) in [7, 11) is -3.31. The van der Waals surface area contributed by atoms with Gasteiger partial charge in [-0.3, -0.25) is 4.79 Å². The average molecular weight is 373 g/mol. The number of hydrogen-bond acceptors (Lipinski definition) is 4. The molecule has 6 heteroatoms. The zero-order chi connectivity index (χ0) is 18.6. The molecule has 1 amide bonds. The van der Waals surface area contributed by atoms with E-state index in [2.05, 4.69) is 0 Å². The zero-order valence-electron chi connectivity index (χ0n) is 14.8. The van der Waals surface area contributed by atoms with E-state index < -0.39 is 15.1 Å². The summed E-state index contributed by atoms with van der Waals surface area (Å²) in [6.07, 6.45) is 0.398. The van der Waals surface area contributed by atoms with Gasteiger partial charge >= 0.3 is 0 Å². The molecule has 0 radical (unpaired) electrons. The molecule has 138 valence electrons. The van der Waals surface area contributed by atoms with Gasteiger partial charge in [-0.2, -0.15) is 0 Å². The van der Waals surface area contributed by atoms with Crippen molar-refractivity contribution >= 4 is 15.7 Å². The third-order valence-electron chi connectivity index (χ3n) is 4.62. The van der Waals surface area contributed by atoms with E-state index in [1.165, 1.54) is 0 Å². The smallest absolute Gasteiger partial charge is 0.257 e. The first-order chi connectivity index (χ1) is 12.5. The van der Waals surface area contributed by atoms with Crippen LogP contribution in [0.1, 0.15) is 34.5 Å². The molecule has 1 atom stereocenters. The van der Waals surface area contributed by atoms with Gasteiger partial charge < -0.3 is 9.64 Å². The normalized spacial score (nSPS) is 19.6. The van der Waals surface area contributed by atoms with E-state index in [-0.39, 0.29) is 18.2 Å². The predicted octanol–water partition coefficient (Wildman–Crippen LogP) is 3.09. The Morgan fingerprint density at radius 1 is 1.08 bits per heavy atom. The molecule has 0 aromatic heterocycles. The second-order valence-corrected chi connectivity index (χ2v) is 8.58. The number of sulfone groups is 1. The van der Waals surface area contributed by atoms with Gasteiger partial charge in [-0.15, -0.1) is 0 Å². The number of ether oxygens (including phenoxy) is 1. The molecule has 5 nitrogen and oxygen atoms in total. The van der Waals surface area contributed by atoms with Crippen molar-refractivity contribution in [1.82, 2.24) is 4.90 Å². The Morgan fingerprint density at radius 3 is 2.50 bits per heavy atom. The maximum atomic E-state index is 13.0. The first-order valence-corrected chi connectivity index (χ1v) is 10.5. The number of carbonyl (C=O) groups excluding carboxylic acids is 1. The number of nitrogens with zero attached hydrogens (tertiary/aromatic N) is 1. The molecule has 1 heterocycles. The highest BCUT2D eigenvalue weighted by atomic mass is 32.2. The highest BCUT2D eigenvalue weighted by Gasteiger charge is 2.33. The topological polar surface area (TPSA) is 63.7 Å². The van der Waals surface area contributed by atoms with Gasteiger partial charge in [0.05, 0.1) is 23.2 Å². The quantitative estimate of drug-likeness (QED) is 0.826. The molecule has 0 aliphatic carbocycles. The molecule has 3 rings (SSSR count). The Hall–Kier alpha value is -2.34. The van der Waals surface area contributed by atoms with Crippen LogP contribution in [0.2, 0.25) is 0 Å². The highest BCUT2D eigenvalue weighted by molar-refractivity contribution is 7.91. The van der Waals surface area contributed by atoms with E-state index in [0.717, 1.165) is 5.56 Å². The Kier molecular flexibility index (Phi) is 5.61. The summed E-state index contributed by atoms with van der Waals surface area (Å²) in [5.41, 5.74) is 1.27. The lowest BCUT2D eigenvalue weighted by Gasteiger charge is -2.21. The van der Waals surface area contributed by atoms with Crippen LogP contribution >= 0.6 is 0 Å². The second kappa shape index (κ2) is 7.91. The first-order valence-electron chi connectivity index (χ1n) is 8.80. The maximum Gasteiger partial charge on any atom is 0.257 e. The third-order valence-corrected chi connectivity index (χ3v) is 6.74. The van der Waals surface area contributed by atoms with Crippen LogP contribution in [-0.2, 0) is 9.84 Å². The monoisotopic (exact) mass is 373 g/mol. The zero-order valence-corrected chi connectivity index (χ0v) is 15.6. The summed E-state index contributed by atoms with van der Waals surface area (Å²) < 4.78 is 31.0. The van der Waals surface area contributed by atoms with Crippen LogP contribution in [0.25, 0.3) is 0 Å². The maximum absolute atomic E-state index is 13.0. The molecule has 0 N–H and O–H groups in total. The molecule has 1 aliphatic heterocycles. The molecule has 1 fully saturated rings. The van der Waals surface area contributed by atoms with Crippen LogP contribution in [0.4, 0.5) is 0 Å². The van der Waals surface area contributed by atoms with Crippen molar-refractivity contribution in [3.05, 3.63) is 65.7 Å². The number of para-hydroxylation sites is 1. The fraction of sp³-hybridized carbons (Fsp3) is 0.350. The first kappa shape index (κ1) is 18.5. The largest absolute Gasteiger partial charge is 0.493 e. The molecule has 1 aliphatic rings. The van der Waals surface area contributed by atoms with E-state index in [1.54, 1.807) is 23.1 Å². The Morgan fingerprint density at radius 2 is 1.77 bits per heavy atom. The molecule has 0 spiro atoms. The fourth-order valence-electron chi connectivity index (χ4n) is 3.28. The van der Waals surface area contributed by atoms with Crippen LogP contribution in [0.3, 0.4) is 0 Å². The third kappa shape index (κ3) is 3.90. The standard InChI is InChI=1S/C20H23NO4S/c1-2-25-18-11-7-6-10-17(18)20(22)21-13-12-19(26(23,24)15-14-21)16-8-4-3-5-9-16/h3-11,19H,2,12-15H2,1H3. The van der Waals surface area contributed by atoms with Gasteiger partial charge in [-0.1, -0.05) is 42.5 Å². The van der Waals surface area contributed by atoms with Gasteiger partial charge in [0, 0.05) is 13.1 Å². The Bertz CT molecular complexity index is 864. The van der Waals surface area contributed by atoms with E-state index >= 15 is 0 Å². The van der Waals surface area contributed by atoms with Crippen molar-refractivity contribution in [3.63, 3.8) is 0 Å². The second-order valence-electron chi connectivity index (χ2n) is 6.28. The van der Waals surface area contributed by atoms with E-state index in [0.29, 0.717) is 30.9 Å². The molecule has 2 aromatic carbocycles. The SMILES string of the molecule is CCOc1ccccc1C(=O)N1CCC(c2ccccc2)S(=O)(=O)CC1. The lowest BCUT2D eigenvalue weighted by molar-refractivity contribution is 0.0762. The molecule has 2 aromatic rings. The summed E-state index contributed by atoms with van der Waals surface area (Å²) in [6, 6.07) is 16.3. The van der Waals surface area contributed by atoms with Gasteiger partial charge in [0.2, 0.25) is 0 Å². The van der Waals surface area contributed by atoms with E-state index in [4.69, 9.17) is 4.74 Å². The summed E-state index contributed by atoms with van der Waals surface area (Å²) in [5, 5.41) is -0.566. The molecular formula is C20H23NO4S. The van der Waals surface area contributed by atoms with Gasteiger partial charge in [-0.05, 0) is 31.0 Å². The molecule has 0 saturated carbocycles. The number of amides is 1. The summed E-state index contributed by atoms with van der Waals surface area (Å²) >= 11 is 0. The number of carbonyl (C=O) groups is 1. The predicted molar refractivity (Wildman–Crippen MR) is 101 cm³/mol. The van der Waals surface area contributed by atoms with Crippen LogP contribution in [-0.4, -0.2) is 44.7 Å². The lowest BCUT2D eigenvalue weighted by atomic mass is 10.1. The van der Waals surface area contributed by atoms with Crippen molar-refractivity contribution in [2.75, 3.05) is 25.4 Å². The van der Waals surface area contributed by atoms with E-state index in [9.17, 15) is 13.2 Å². The minimum absolute atomic E-state index is 0.0326. The van der Waals surface area contributed by atoms with Crippen molar-refractivity contribution in [3.8, 4) is 5.75 Å². The highest BCUT2D eigenvalue weighted by Crippen LogP contribution is 2.30.